The number of rotatable bonds is 3. The first-order chi connectivity index (χ1) is 8.38. The molecule has 0 amide bonds. The van der Waals surface area contributed by atoms with Crippen LogP contribution in [0.25, 0.3) is 0 Å². The van der Waals surface area contributed by atoms with Gasteiger partial charge in [0.05, 0.1) is 6.42 Å². The molecule has 104 valence electrons. The predicted octanol–water partition coefficient (Wildman–Crippen LogP) is 0.996. The summed E-state index contributed by atoms with van der Waals surface area (Å²) in [6, 6.07) is 0.181. The van der Waals surface area contributed by atoms with Gasteiger partial charge in [0.2, 0.25) is 0 Å². The number of alkyl halides is 2. The van der Waals surface area contributed by atoms with Crippen LogP contribution in [0.2, 0.25) is 0 Å². The maximum Gasteiger partial charge on any atom is 0.377 e. The van der Waals surface area contributed by atoms with Gasteiger partial charge in [-0.2, -0.15) is 8.78 Å². The first-order valence-corrected chi connectivity index (χ1v) is 6.45. The summed E-state index contributed by atoms with van der Waals surface area (Å²) in [6.45, 7) is 4.09. The van der Waals surface area contributed by atoms with Crippen molar-refractivity contribution in [2.24, 2.45) is 11.7 Å². The number of ether oxygens (including phenoxy) is 1. The minimum Gasteiger partial charge on any atom is -0.456 e. The summed E-state index contributed by atoms with van der Waals surface area (Å²) in [6.07, 6.45) is 0.807. The fourth-order valence-corrected chi connectivity index (χ4v) is 2.70. The Bertz CT molecular complexity index is 315. The number of piperidine rings is 1. The highest BCUT2D eigenvalue weighted by Gasteiger charge is 2.51. The van der Waals surface area contributed by atoms with E-state index in [2.05, 4.69) is 4.90 Å². The molecule has 2 N–H and O–H groups in total. The van der Waals surface area contributed by atoms with E-state index in [1.807, 2.05) is 6.92 Å². The van der Waals surface area contributed by atoms with Crippen molar-refractivity contribution < 1.29 is 18.3 Å². The van der Waals surface area contributed by atoms with Gasteiger partial charge in [-0.1, -0.05) is 0 Å². The van der Waals surface area contributed by atoms with E-state index in [-0.39, 0.29) is 6.04 Å². The monoisotopic (exact) mass is 262 g/mol. The van der Waals surface area contributed by atoms with Crippen LogP contribution in [0.3, 0.4) is 0 Å². The summed E-state index contributed by atoms with van der Waals surface area (Å²) < 4.78 is 30.7. The zero-order valence-electron chi connectivity index (χ0n) is 10.6. The number of nitrogens with zero attached hydrogens (tertiary/aromatic N) is 1. The van der Waals surface area contributed by atoms with Gasteiger partial charge in [-0.3, -0.25) is 4.90 Å². The highest BCUT2D eigenvalue weighted by Crippen LogP contribution is 2.31. The second kappa shape index (κ2) is 5.09. The van der Waals surface area contributed by atoms with Crippen LogP contribution in [0, 0.1) is 5.92 Å². The average molecular weight is 262 g/mol. The van der Waals surface area contributed by atoms with Crippen LogP contribution in [0.5, 0.6) is 0 Å². The molecule has 0 radical (unpaired) electrons. The molecule has 2 aliphatic heterocycles. The molecule has 2 rings (SSSR count). The van der Waals surface area contributed by atoms with Gasteiger partial charge in [0, 0.05) is 12.6 Å². The zero-order valence-corrected chi connectivity index (χ0v) is 10.6. The Morgan fingerprint density at radius 1 is 1.50 bits per heavy atom. The summed E-state index contributed by atoms with van der Waals surface area (Å²) in [7, 11) is 0. The minimum absolute atomic E-state index is 0.181. The van der Waals surface area contributed by atoms with Gasteiger partial charge in [0.1, 0.15) is 6.10 Å². The van der Waals surface area contributed by atoms with Crippen molar-refractivity contribution in [3.8, 4) is 0 Å². The van der Waals surface area contributed by atoms with Crippen LogP contribution < -0.4 is 5.73 Å². The van der Waals surface area contributed by atoms with Crippen molar-refractivity contribution in [3.05, 3.63) is 0 Å². The molecule has 2 saturated heterocycles. The topological polar surface area (TPSA) is 55.6 Å². The Hall–Kier alpha value is -0.750. The SMILES string of the molecule is CC(N)C1CCN(CC2CC(F)(F)C(=O)O2)CC1. The van der Waals surface area contributed by atoms with E-state index in [9.17, 15) is 13.6 Å². The molecule has 0 aromatic heterocycles. The molecule has 0 saturated carbocycles. The third-order valence-electron chi connectivity index (χ3n) is 3.89. The minimum atomic E-state index is -3.30. The van der Waals surface area contributed by atoms with E-state index in [1.165, 1.54) is 0 Å². The number of hydrogen-bond donors (Lipinski definition) is 1. The second-order valence-electron chi connectivity index (χ2n) is 5.43. The Morgan fingerprint density at radius 2 is 2.11 bits per heavy atom. The largest absolute Gasteiger partial charge is 0.456 e. The average Bonchev–Trinajstić information content (AvgIpc) is 2.53. The van der Waals surface area contributed by atoms with E-state index in [0.717, 1.165) is 25.9 Å². The molecule has 18 heavy (non-hydrogen) atoms. The predicted molar refractivity (Wildman–Crippen MR) is 62.3 cm³/mol. The van der Waals surface area contributed by atoms with Crippen LogP contribution in [-0.2, 0) is 9.53 Å². The highest BCUT2D eigenvalue weighted by atomic mass is 19.3. The van der Waals surface area contributed by atoms with Crippen molar-refractivity contribution in [1.29, 1.82) is 0 Å². The molecule has 2 fully saturated rings. The van der Waals surface area contributed by atoms with Crippen molar-refractivity contribution in [2.75, 3.05) is 19.6 Å². The normalized spacial score (nSPS) is 31.3. The van der Waals surface area contributed by atoms with Crippen molar-refractivity contribution in [1.82, 2.24) is 4.90 Å². The summed E-state index contributed by atoms with van der Waals surface area (Å²) in [4.78, 5) is 13.0. The number of halogens is 2. The number of carbonyl (C=O) groups is 1. The van der Waals surface area contributed by atoms with Crippen LogP contribution in [0.15, 0.2) is 0 Å². The van der Waals surface area contributed by atoms with E-state index < -0.39 is 24.4 Å². The van der Waals surface area contributed by atoms with Gasteiger partial charge in [0.25, 0.3) is 0 Å². The summed E-state index contributed by atoms with van der Waals surface area (Å²) in [5.41, 5.74) is 5.84. The van der Waals surface area contributed by atoms with Crippen LogP contribution >= 0.6 is 0 Å². The summed E-state index contributed by atoms with van der Waals surface area (Å²) in [5, 5.41) is 0. The third kappa shape index (κ3) is 2.98. The molecule has 2 atom stereocenters. The fraction of sp³-hybridized carbons (Fsp3) is 0.917. The molecule has 6 heteroatoms. The van der Waals surface area contributed by atoms with Gasteiger partial charge in [-0.05, 0) is 38.8 Å². The molecule has 2 unspecified atom stereocenters. The number of cyclic esters (lactones) is 1. The Kier molecular flexibility index (Phi) is 3.87. The lowest BCUT2D eigenvalue weighted by atomic mass is 9.91. The molecule has 0 bridgehead atoms. The van der Waals surface area contributed by atoms with Gasteiger partial charge in [-0.25, -0.2) is 4.79 Å². The standard InChI is InChI=1S/C12H20F2N2O2/c1-8(15)9-2-4-16(5-3-9)7-10-6-12(13,14)11(17)18-10/h8-10H,2-7,15H2,1H3. The molecule has 0 spiro atoms. The van der Waals surface area contributed by atoms with Gasteiger partial charge in [-0.15, -0.1) is 0 Å². The van der Waals surface area contributed by atoms with Gasteiger partial charge < -0.3 is 10.5 Å². The second-order valence-corrected chi connectivity index (χ2v) is 5.43. The maximum absolute atomic E-state index is 13.0. The molecular weight excluding hydrogens is 242 g/mol. The van der Waals surface area contributed by atoms with E-state index in [1.54, 1.807) is 0 Å². The number of hydrogen-bond acceptors (Lipinski definition) is 4. The Balaban J connectivity index is 1.78. The summed E-state index contributed by atoms with van der Waals surface area (Å²) >= 11 is 0. The van der Waals surface area contributed by atoms with Crippen molar-refractivity contribution in [3.63, 3.8) is 0 Å². The van der Waals surface area contributed by atoms with E-state index >= 15 is 0 Å². The van der Waals surface area contributed by atoms with E-state index in [4.69, 9.17) is 10.5 Å². The molecular formula is C12H20F2N2O2. The van der Waals surface area contributed by atoms with E-state index in [0.29, 0.717) is 12.5 Å². The van der Waals surface area contributed by atoms with Crippen LogP contribution in [-0.4, -0.2) is 48.6 Å². The molecule has 0 aliphatic carbocycles. The zero-order chi connectivity index (χ0) is 13.3. The van der Waals surface area contributed by atoms with Crippen molar-refractivity contribution in [2.45, 2.75) is 44.3 Å². The number of nitrogens with two attached hydrogens (primary N) is 1. The molecule has 2 heterocycles. The summed E-state index contributed by atoms with van der Waals surface area (Å²) in [5.74, 6) is -4.17. The van der Waals surface area contributed by atoms with Gasteiger partial charge in [0.15, 0.2) is 0 Å². The lowest BCUT2D eigenvalue weighted by Crippen LogP contribution is -2.42. The molecule has 4 nitrogen and oxygen atoms in total. The molecule has 0 aromatic rings. The lowest BCUT2D eigenvalue weighted by Gasteiger charge is -2.34. The first kappa shape index (κ1) is 13.7. The number of likely N-dealkylation sites (tertiary alicyclic amines) is 1. The highest BCUT2D eigenvalue weighted by molar-refractivity contribution is 5.79. The first-order valence-electron chi connectivity index (χ1n) is 6.45. The van der Waals surface area contributed by atoms with Crippen LogP contribution in [0.1, 0.15) is 26.2 Å². The van der Waals surface area contributed by atoms with Gasteiger partial charge >= 0.3 is 11.9 Å². The van der Waals surface area contributed by atoms with Crippen LogP contribution in [0.4, 0.5) is 8.78 Å². The quantitative estimate of drug-likeness (QED) is 0.771. The molecule has 2 aliphatic rings. The lowest BCUT2D eigenvalue weighted by molar-refractivity contribution is -0.159. The Morgan fingerprint density at radius 3 is 2.56 bits per heavy atom. The smallest absolute Gasteiger partial charge is 0.377 e. The fourth-order valence-electron chi connectivity index (χ4n) is 2.70. The Labute approximate surface area is 105 Å². The number of carbonyl (C=O) groups excluding carboxylic acids is 1. The van der Waals surface area contributed by atoms with Crippen molar-refractivity contribution >= 4 is 5.97 Å². The number of esters is 1. The maximum atomic E-state index is 13.0. The molecule has 0 aromatic carbocycles. The third-order valence-corrected chi connectivity index (χ3v) is 3.89.